The largest absolute Gasteiger partial charge is 0.477 e. The van der Waals surface area contributed by atoms with Gasteiger partial charge in [0.15, 0.2) is 0 Å². The van der Waals surface area contributed by atoms with Gasteiger partial charge in [0.1, 0.15) is 5.69 Å². The number of hydrogen-bond acceptors (Lipinski definition) is 2. The second kappa shape index (κ2) is 3.70. The fraction of sp³-hybridized carbons (Fsp3) is 0.364. The van der Waals surface area contributed by atoms with Crippen LogP contribution in [0.2, 0.25) is 0 Å². The number of carboxylic acids is 1. The van der Waals surface area contributed by atoms with Crippen LogP contribution >= 0.6 is 11.3 Å². The Hall–Kier alpha value is -1.29. The van der Waals surface area contributed by atoms with Gasteiger partial charge in [-0.25, -0.2) is 4.79 Å². The van der Waals surface area contributed by atoms with E-state index in [2.05, 4.69) is 13.8 Å². The van der Waals surface area contributed by atoms with Crippen LogP contribution in [-0.2, 0) is 6.54 Å². The molecule has 4 heteroatoms. The second-order valence-corrected chi connectivity index (χ2v) is 4.96. The van der Waals surface area contributed by atoms with Crippen molar-refractivity contribution in [1.82, 2.24) is 4.57 Å². The van der Waals surface area contributed by atoms with Gasteiger partial charge in [-0.3, -0.25) is 0 Å². The van der Waals surface area contributed by atoms with E-state index in [0.717, 1.165) is 16.8 Å². The van der Waals surface area contributed by atoms with Crippen LogP contribution in [-0.4, -0.2) is 15.6 Å². The molecule has 2 heterocycles. The summed E-state index contributed by atoms with van der Waals surface area (Å²) >= 11 is 1.58. The van der Waals surface area contributed by atoms with Crippen molar-refractivity contribution >= 4 is 27.5 Å². The molecule has 2 aromatic heterocycles. The molecule has 0 saturated heterocycles. The number of hydrogen-bond donors (Lipinski definition) is 1. The Morgan fingerprint density at radius 2 is 2.33 bits per heavy atom. The summed E-state index contributed by atoms with van der Waals surface area (Å²) in [7, 11) is 0. The molecule has 15 heavy (non-hydrogen) atoms. The molecule has 0 aromatic carbocycles. The van der Waals surface area contributed by atoms with Gasteiger partial charge in [0.2, 0.25) is 0 Å². The monoisotopic (exact) mass is 223 g/mol. The molecule has 1 N–H and O–H groups in total. The summed E-state index contributed by atoms with van der Waals surface area (Å²) in [6, 6.07) is 3.74. The Balaban J connectivity index is 2.58. The standard InChI is InChI=1S/C11H13NO2S/c1-7(2)6-12-8-3-4-15-10(8)5-9(12)11(13)14/h3-5,7H,6H2,1-2H3,(H,13,14). The van der Waals surface area contributed by atoms with Crippen LogP contribution in [0.3, 0.4) is 0 Å². The Kier molecular flexibility index (Phi) is 2.52. The molecule has 0 aliphatic rings. The van der Waals surface area contributed by atoms with E-state index in [0.29, 0.717) is 11.6 Å². The summed E-state index contributed by atoms with van der Waals surface area (Å²) in [4.78, 5) is 11.1. The van der Waals surface area contributed by atoms with E-state index in [9.17, 15) is 4.79 Å². The van der Waals surface area contributed by atoms with Crippen LogP contribution in [0.1, 0.15) is 24.3 Å². The summed E-state index contributed by atoms with van der Waals surface area (Å²) in [5.74, 6) is -0.405. The number of nitrogens with zero attached hydrogens (tertiary/aromatic N) is 1. The highest BCUT2D eigenvalue weighted by atomic mass is 32.1. The van der Waals surface area contributed by atoms with Crippen molar-refractivity contribution in [2.45, 2.75) is 20.4 Å². The summed E-state index contributed by atoms with van der Waals surface area (Å²) in [6.07, 6.45) is 0. The lowest BCUT2D eigenvalue weighted by Crippen LogP contribution is -2.11. The van der Waals surface area contributed by atoms with Gasteiger partial charge in [-0.1, -0.05) is 13.8 Å². The predicted molar refractivity (Wildman–Crippen MR) is 61.6 cm³/mol. The molecular weight excluding hydrogens is 210 g/mol. The highest BCUT2D eigenvalue weighted by Gasteiger charge is 2.15. The lowest BCUT2D eigenvalue weighted by Gasteiger charge is -2.09. The average molecular weight is 223 g/mol. The lowest BCUT2D eigenvalue weighted by atomic mass is 10.2. The fourth-order valence-electron chi connectivity index (χ4n) is 1.72. The summed E-state index contributed by atoms with van der Waals surface area (Å²) < 4.78 is 2.94. The quantitative estimate of drug-likeness (QED) is 0.869. The Morgan fingerprint density at radius 3 is 2.93 bits per heavy atom. The highest BCUT2D eigenvalue weighted by Crippen LogP contribution is 2.26. The third kappa shape index (κ3) is 1.77. The van der Waals surface area contributed by atoms with Crippen molar-refractivity contribution in [1.29, 1.82) is 0 Å². The lowest BCUT2D eigenvalue weighted by molar-refractivity contribution is 0.0685. The summed E-state index contributed by atoms with van der Waals surface area (Å²) in [5, 5.41) is 11.1. The maximum absolute atomic E-state index is 11.1. The van der Waals surface area contributed by atoms with E-state index in [1.807, 2.05) is 16.0 Å². The van der Waals surface area contributed by atoms with Crippen molar-refractivity contribution in [2.24, 2.45) is 5.92 Å². The van der Waals surface area contributed by atoms with Gasteiger partial charge < -0.3 is 9.67 Å². The average Bonchev–Trinajstić information content (AvgIpc) is 2.66. The number of carboxylic acid groups (broad SMARTS) is 1. The number of fused-ring (bicyclic) bond motifs is 1. The van der Waals surface area contributed by atoms with E-state index in [1.54, 1.807) is 17.4 Å². The van der Waals surface area contributed by atoms with Crippen LogP contribution in [0, 0.1) is 5.92 Å². The third-order valence-electron chi connectivity index (χ3n) is 2.29. The van der Waals surface area contributed by atoms with E-state index in [4.69, 9.17) is 5.11 Å². The van der Waals surface area contributed by atoms with E-state index < -0.39 is 5.97 Å². The van der Waals surface area contributed by atoms with Crippen LogP contribution < -0.4 is 0 Å². The van der Waals surface area contributed by atoms with Gasteiger partial charge >= 0.3 is 5.97 Å². The van der Waals surface area contributed by atoms with Crippen molar-refractivity contribution in [3.8, 4) is 0 Å². The maximum atomic E-state index is 11.1. The molecule has 3 nitrogen and oxygen atoms in total. The first-order valence-electron chi connectivity index (χ1n) is 4.89. The van der Waals surface area contributed by atoms with Crippen molar-refractivity contribution in [2.75, 3.05) is 0 Å². The smallest absolute Gasteiger partial charge is 0.352 e. The number of aromatic carboxylic acids is 1. The minimum atomic E-state index is -0.848. The predicted octanol–water partition coefficient (Wildman–Crippen LogP) is 3.06. The molecule has 0 fully saturated rings. The van der Waals surface area contributed by atoms with Crippen LogP contribution in [0.4, 0.5) is 0 Å². The first-order valence-corrected chi connectivity index (χ1v) is 5.77. The minimum absolute atomic E-state index is 0.394. The molecule has 0 spiro atoms. The van der Waals surface area contributed by atoms with Crippen LogP contribution in [0.5, 0.6) is 0 Å². The number of thiophene rings is 1. The Labute approximate surface area is 92.0 Å². The highest BCUT2D eigenvalue weighted by molar-refractivity contribution is 7.17. The zero-order valence-electron chi connectivity index (χ0n) is 8.73. The molecule has 0 aliphatic carbocycles. The molecule has 0 radical (unpaired) electrons. The van der Waals surface area contributed by atoms with Gasteiger partial charge in [-0.05, 0) is 23.4 Å². The summed E-state index contributed by atoms with van der Waals surface area (Å²) in [6.45, 7) is 4.93. The van der Waals surface area contributed by atoms with Gasteiger partial charge in [0.25, 0.3) is 0 Å². The van der Waals surface area contributed by atoms with Gasteiger partial charge in [-0.15, -0.1) is 11.3 Å². The van der Waals surface area contributed by atoms with Crippen LogP contribution in [0.15, 0.2) is 17.5 Å². The molecule has 0 unspecified atom stereocenters. The molecule has 2 rings (SSSR count). The number of carbonyl (C=O) groups is 1. The van der Waals surface area contributed by atoms with E-state index >= 15 is 0 Å². The molecule has 0 bridgehead atoms. The van der Waals surface area contributed by atoms with Crippen LogP contribution in [0.25, 0.3) is 10.2 Å². The van der Waals surface area contributed by atoms with Gasteiger partial charge in [0, 0.05) is 6.54 Å². The van der Waals surface area contributed by atoms with Gasteiger partial charge in [-0.2, -0.15) is 0 Å². The zero-order chi connectivity index (χ0) is 11.0. The molecule has 2 aromatic rings. The van der Waals surface area contributed by atoms with E-state index in [1.165, 1.54) is 0 Å². The normalized spacial score (nSPS) is 11.4. The van der Waals surface area contributed by atoms with Crippen molar-refractivity contribution in [3.05, 3.63) is 23.2 Å². The first-order chi connectivity index (χ1) is 7.09. The third-order valence-corrected chi connectivity index (χ3v) is 3.14. The maximum Gasteiger partial charge on any atom is 0.352 e. The van der Waals surface area contributed by atoms with E-state index in [-0.39, 0.29) is 0 Å². The summed E-state index contributed by atoms with van der Waals surface area (Å²) in [5.41, 5.74) is 1.43. The SMILES string of the molecule is CC(C)Cn1c(C(=O)O)cc2sccc21. The molecule has 0 saturated carbocycles. The zero-order valence-corrected chi connectivity index (χ0v) is 9.54. The Bertz CT molecular complexity index is 496. The molecule has 0 atom stereocenters. The molecule has 0 aliphatic heterocycles. The number of aromatic nitrogens is 1. The van der Waals surface area contributed by atoms with Crippen molar-refractivity contribution < 1.29 is 9.90 Å². The fourth-order valence-corrected chi connectivity index (χ4v) is 2.54. The Morgan fingerprint density at radius 1 is 1.60 bits per heavy atom. The topological polar surface area (TPSA) is 42.2 Å². The number of rotatable bonds is 3. The minimum Gasteiger partial charge on any atom is -0.477 e. The molecule has 80 valence electrons. The molecule has 0 amide bonds. The second-order valence-electron chi connectivity index (χ2n) is 4.01. The first kappa shape index (κ1) is 10.2. The molecular formula is C11H13NO2S. The van der Waals surface area contributed by atoms with Gasteiger partial charge in [0.05, 0.1) is 10.2 Å². The van der Waals surface area contributed by atoms with Crippen molar-refractivity contribution in [3.63, 3.8) is 0 Å².